The number of rotatable bonds is 8. The third-order valence-electron chi connectivity index (χ3n) is 5.69. The number of hydrogen-bond donors (Lipinski definition) is 1. The number of benzene rings is 2. The van der Waals surface area contributed by atoms with Crippen molar-refractivity contribution in [2.45, 2.75) is 32.4 Å². The van der Waals surface area contributed by atoms with Crippen LogP contribution in [0.2, 0.25) is 0 Å². The van der Waals surface area contributed by atoms with E-state index in [-0.39, 0.29) is 13.5 Å². The van der Waals surface area contributed by atoms with Gasteiger partial charge in [-0.2, -0.15) is 15.0 Å². The number of aromatic nitrogens is 3. The Labute approximate surface area is 193 Å². The Kier molecular flexibility index (Phi) is 5.68. The number of anilines is 3. The van der Waals surface area contributed by atoms with Gasteiger partial charge in [-0.15, -0.1) is 0 Å². The topological polar surface area (TPSA) is 92.5 Å². The number of ether oxygens (including phenoxy) is 2. The van der Waals surface area contributed by atoms with Gasteiger partial charge in [0.05, 0.1) is 12.1 Å². The molecule has 2 fully saturated rings. The summed E-state index contributed by atoms with van der Waals surface area (Å²) in [6.45, 7) is 6.17. The molecule has 2 aromatic carbocycles. The van der Waals surface area contributed by atoms with Crippen molar-refractivity contribution in [2.75, 3.05) is 34.8 Å². The summed E-state index contributed by atoms with van der Waals surface area (Å²) in [5, 5.41) is 3.35. The number of amides is 1. The fourth-order valence-corrected chi connectivity index (χ4v) is 3.65. The van der Waals surface area contributed by atoms with Gasteiger partial charge in [0, 0.05) is 14.5 Å². The number of cyclic esters (lactones) is 1. The van der Waals surface area contributed by atoms with Crippen molar-refractivity contribution in [3.05, 3.63) is 60.2 Å². The van der Waals surface area contributed by atoms with Crippen LogP contribution in [0, 0.1) is 0 Å². The minimum atomic E-state index is -0.419. The van der Waals surface area contributed by atoms with Crippen LogP contribution in [0.25, 0.3) is 0 Å². The summed E-state index contributed by atoms with van der Waals surface area (Å²) in [5.74, 6) is 2.87. The van der Waals surface area contributed by atoms with Crippen LogP contribution in [-0.4, -0.2) is 46.8 Å². The third-order valence-corrected chi connectivity index (χ3v) is 5.69. The molecule has 0 bridgehead atoms. The monoisotopic (exact) mass is 448 g/mol. The van der Waals surface area contributed by atoms with Gasteiger partial charge in [0.15, 0.2) is 0 Å². The van der Waals surface area contributed by atoms with E-state index in [1.54, 1.807) is 0 Å². The van der Waals surface area contributed by atoms with Gasteiger partial charge in [-0.05, 0) is 43.2 Å². The minimum Gasteiger partial charge on any atom is -0.457 e. The van der Waals surface area contributed by atoms with Crippen LogP contribution < -0.4 is 19.9 Å². The molecule has 0 unspecified atom stereocenters. The number of nitrogens with zero attached hydrogens (tertiary/aromatic N) is 5. The smallest absolute Gasteiger partial charge is 0.417 e. The molecule has 1 amide bonds. The van der Waals surface area contributed by atoms with Gasteiger partial charge in [-0.3, -0.25) is 0 Å². The molecule has 1 N–H and O–H groups in total. The molecule has 2 aliphatic rings. The van der Waals surface area contributed by atoms with Crippen LogP contribution in [-0.2, 0) is 4.74 Å². The molecule has 3 aromatic rings. The molecule has 33 heavy (non-hydrogen) atoms. The van der Waals surface area contributed by atoms with Crippen molar-refractivity contribution in [2.24, 2.45) is 0 Å². The first-order chi connectivity index (χ1) is 16.1. The molecule has 2 atom stereocenters. The fourth-order valence-electron chi connectivity index (χ4n) is 3.65. The molecule has 2 aliphatic heterocycles. The second-order valence-corrected chi connectivity index (χ2v) is 8.11. The second-order valence-electron chi connectivity index (χ2n) is 8.11. The van der Waals surface area contributed by atoms with E-state index in [9.17, 15) is 4.79 Å². The predicted octanol–water partition coefficient (Wildman–Crippen LogP) is 4.64. The molecule has 9 nitrogen and oxygen atoms in total. The highest BCUT2D eigenvalue weighted by molar-refractivity contribution is 5.88. The molecule has 3 heterocycles. The van der Waals surface area contributed by atoms with E-state index in [0.29, 0.717) is 24.5 Å². The molecule has 0 saturated carbocycles. The Hall–Kier alpha value is -3.88. The molecule has 1 aromatic heterocycles. The second kappa shape index (κ2) is 8.93. The third kappa shape index (κ3) is 4.67. The van der Waals surface area contributed by atoms with Crippen molar-refractivity contribution < 1.29 is 15.7 Å². The van der Waals surface area contributed by atoms with Gasteiger partial charge in [0.25, 0.3) is 0 Å². The highest BCUT2D eigenvalue weighted by Crippen LogP contribution is 2.28. The lowest BCUT2D eigenvalue weighted by Gasteiger charge is -2.20. The average Bonchev–Trinajstić information content (AvgIpc) is 3.62. The summed E-state index contributed by atoms with van der Waals surface area (Å²) in [5.41, 5.74) is 1.05. The van der Waals surface area contributed by atoms with E-state index in [0.717, 1.165) is 36.6 Å². The van der Waals surface area contributed by atoms with Crippen molar-refractivity contribution in [3.8, 4) is 11.5 Å². The number of para-hydroxylation sites is 1. The van der Waals surface area contributed by atoms with Gasteiger partial charge < -0.3 is 19.7 Å². The Balaban J connectivity index is 0.00000274. The van der Waals surface area contributed by atoms with Gasteiger partial charge in [-0.25, -0.2) is 9.69 Å². The molecule has 0 aliphatic carbocycles. The predicted molar refractivity (Wildman–Crippen MR) is 127 cm³/mol. The molecular formula is C24H28N6O3. The lowest BCUT2D eigenvalue weighted by molar-refractivity contribution is 0.178. The largest absolute Gasteiger partial charge is 0.457 e. The molecular weight excluding hydrogens is 420 g/mol. The van der Waals surface area contributed by atoms with E-state index in [2.05, 4.69) is 20.3 Å². The van der Waals surface area contributed by atoms with Gasteiger partial charge in [-0.1, -0.05) is 37.3 Å². The molecule has 9 heteroatoms. The Morgan fingerprint density at radius 1 is 1.06 bits per heavy atom. The average molecular weight is 449 g/mol. The fraction of sp³-hybridized carbons (Fsp3) is 0.333. The Morgan fingerprint density at radius 2 is 1.76 bits per heavy atom. The summed E-state index contributed by atoms with van der Waals surface area (Å²) in [4.78, 5) is 29.5. The van der Waals surface area contributed by atoms with E-state index >= 15 is 0 Å². The van der Waals surface area contributed by atoms with Gasteiger partial charge in [0.1, 0.15) is 18.1 Å². The zero-order chi connectivity index (χ0) is 22.8. The SMILES string of the molecule is CC[C@H]1COC(=O)N1c1nc(N[C@@H](C)c2ccc(Oc3ccccc3)cc2)nc(N2CC2)n1.[HH]. The normalized spacial score (nSPS) is 18.1. The number of nitrogens with one attached hydrogen (secondary N) is 1. The molecule has 2 saturated heterocycles. The highest BCUT2D eigenvalue weighted by Gasteiger charge is 2.36. The molecule has 0 radical (unpaired) electrons. The van der Waals surface area contributed by atoms with Gasteiger partial charge >= 0.3 is 6.09 Å². The maximum Gasteiger partial charge on any atom is 0.417 e. The zero-order valence-corrected chi connectivity index (χ0v) is 18.6. The van der Waals surface area contributed by atoms with E-state index < -0.39 is 6.09 Å². The number of carbonyl (C=O) groups is 1. The van der Waals surface area contributed by atoms with E-state index in [1.807, 2.05) is 73.3 Å². The van der Waals surface area contributed by atoms with Crippen molar-refractivity contribution in [1.82, 2.24) is 15.0 Å². The van der Waals surface area contributed by atoms with Crippen LogP contribution in [0.3, 0.4) is 0 Å². The quantitative estimate of drug-likeness (QED) is 0.498. The van der Waals surface area contributed by atoms with Crippen LogP contribution in [0.15, 0.2) is 54.6 Å². The van der Waals surface area contributed by atoms with Crippen LogP contribution in [0.4, 0.5) is 22.6 Å². The lowest BCUT2D eigenvalue weighted by atomic mass is 10.1. The van der Waals surface area contributed by atoms with Gasteiger partial charge in [0.2, 0.25) is 17.8 Å². The summed E-state index contributed by atoms with van der Waals surface area (Å²) < 4.78 is 11.1. The van der Waals surface area contributed by atoms with Crippen LogP contribution >= 0.6 is 0 Å². The maximum absolute atomic E-state index is 12.3. The standard InChI is InChI=1S/C24H26N6O3.H2/c1-3-18-15-32-24(31)30(18)23-27-21(26-22(28-23)29-13-14-29)25-16(2)17-9-11-20(12-10-17)33-19-7-5-4-6-8-19;/h4-12,16,18H,3,13-15H2,1-2H3,(H,25,26,27,28);1H/t16-,18-;/m0./s1. The first kappa shape index (κ1) is 21.0. The maximum atomic E-state index is 12.3. The summed E-state index contributed by atoms with van der Waals surface area (Å²) >= 11 is 0. The van der Waals surface area contributed by atoms with Crippen LogP contribution in [0.5, 0.6) is 11.5 Å². The molecule has 172 valence electrons. The van der Waals surface area contributed by atoms with Crippen molar-refractivity contribution in [1.29, 1.82) is 0 Å². The van der Waals surface area contributed by atoms with Crippen LogP contribution in [0.1, 0.15) is 33.3 Å². The lowest BCUT2D eigenvalue weighted by Crippen LogP contribution is -2.34. The summed E-state index contributed by atoms with van der Waals surface area (Å²) in [6.07, 6.45) is 0.338. The first-order valence-electron chi connectivity index (χ1n) is 11.2. The van der Waals surface area contributed by atoms with Crippen molar-refractivity contribution >= 4 is 23.9 Å². The Morgan fingerprint density at radius 3 is 2.45 bits per heavy atom. The van der Waals surface area contributed by atoms with Crippen molar-refractivity contribution in [3.63, 3.8) is 0 Å². The summed E-state index contributed by atoms with van der Waals surface area (Å²) in [6, 6.07) is 17.4. The Bertz CT molecular complexity index is 1130. The van der Waals surface area contributed by atoms with E-state index in [1.165, 1.54) is 4.90 Å². The highest BCUT2D eigenvalue weighted by atomic mass is 16.6. The number of hydrogen-bond acceptors (Lipinski definition) is 8. The summed E-state index contributed by atoms with van der Waals surface area (Å²) in [7, 11) is 0. The van der Waals surface area contributed by atoms with E-state index in [4.69, 9.17) is 9.47 Å². The molecule has 5 rings (SSSR count). The first-order valence-corrected chi connectivity index (χ1v) is 11.2. The zero-order valence-electron chi connectivity index (χ0n) is 18.6. The molecule has 0 spiro atoms. The minimum absolute atomic E-state index is 0. The number of carbonyl (C=O) groups excluding carboxylic acids is 1.